The summed E-state index contributed by atoms with van der Waals surface area (Å²) >= 11 is 0. The first-order chi connectivity index (χ1) is 7.13. The number of rotatable bonds is 1. The maximum Gasteiger partial charge on any atom is 0.382 e. The Morgan fingerprint density at radius 2 is 2.27 bits per heavy atom. The Bertz CT molecular complexity index is 492. The Morgan fingerprint density at radius 1 is 1.53 bits per heavy atom. The summed E-state index contributed by atoms with van der Waals surface area (Å²) in [5.74, 6) is 2.07. The second kappa shape index (κ2) is 4.78. The Balaban J connectivity index is 3.01. The molecule has 3 nitrogen and oxygen atoms in total. The lowest BCUT2D eigenvalue weighted by Gasteiger charge is -1.96. The van der Waals surface area contributed by atoms with Gasteiger partial charge < -0.3 is 5.11 Å². The van der Waals surface area contributed by atoms with Gasteiger partial charge in [-0.1, -0.05) is 12.0 Å². The zero-order chi connectivity index (χ0) is 11.3. The van der Waals surface area contributed by atoms with E-state index in [-0.39, 0.29) is 12.0 Å². The van der Waals surface area contributed by atoms with Crippen LogP contribution in [0.25, 0.3) is 0 Å². The number of halogens is 1. The molecule has 0 heterocycles. The Kier molecular flexibility index (Phi) is 3.43. The predicted octanol–water partition coefficient (Wildman–Crippen LogP) is 1.33. The topological polar surface area (TPSA) is 61.1 Å². The number of nitrogens with zero attached hydrogens (tertiary/aromatic N) is 1. The molecular weight excluding hydrogens is 197 g/mol. The molecule has 0 saturated carbocycles. The van der Waals surface area contributed by atoms with E-state index in [1.165, 1.54) is 18.2 Å². The minimum atomic E-state index is -1.31. The van der Waals surface area contributed by atoms with E-state index in [4.69, 9.17) is 10.4 Å². The van der Waals surface area contributed by atoms with E-state index in [2.05, 4.69) is 5.92 Å². The fourth-order valence-corrected chi connectivity index (χ4v) is 0.982. The molecule has 0 bridgehead atoms. The molecule has 1 aromatic carbocycles. The van der Waals surface area contributed by atoms with E-state index in [9.17, 15) is 9.18 Å². The molecule has 74 valence electrons. The molecule has 1 N–H and O–H groups in total. The fourth-order valence-electron chi connectivity index (χ4n) is 0.982. The lowest BCUT2D eigenvalue weighted by Crippen LogP contribution is -1.91. The molecule has 0 spiro atoms. The summed E-state index contributed by atoms with van der Waals surface area (Å²) in [6.07, 6.45) is 0.115. The third-order valence-corrected chi connectivity index (χ3v) is 1.62. The summed E-state index contributed by atoms with van der Waals surface area (Å²) in [5.41, 5.74) is 0.551. The van der Waals surface area contributed by atoms with Crippen molar-refractivity contribution < 1.29 is 14.3 Å². The van der Waals surface area contributed by atoms with E-state index in [0.717, 1.165) is 0 Å². The van der Waals surface area contributed by atoms with Crippen molar-refractivity contribution in [1.29, 1.82) is 5.26 Å². The van der Waals surface area contributed by atoms with Crippen LogP contribution in [-0.4, -0.2) is 11.1 Å². The van der Waals surface area contributed by atoms with Crippen LogP contribution in [0.3, 0.4) is 0 Å². The van der Waals surface area contributed by atoms with Crippen molar-refractivity contribution >= 4 is 5.97 Å². The number of nitriles is 1. The summed E-state index contributed by atoms with van der Waals surface area (Å²) in [4.78, 5) is 10.1. The summed E-state index contributed by atoms with van der Waals surface area (Å²) in [7, 11) is 0. The van der Waals surface area contributed by atoms with Crippen LogP contribution in [0.1, 0.15) is 11.1 Å². The number of carboxylic acid groups (broad SMARTS) is 1. The van der Waals surface area contributed by atoms with Crippen molar-refractivity contribution in [2.45, 2.75) is 6.42 Å². The van der Waals surface area contributed by atoms with Crippen LogP contribution in [0.4, 0.5) is 4.39 Å². The quantitative estimate of drug-likeness (QED) is 0.700. The maximum absolute atomic E-state index is 13.2. The van der Waals surface area contributed by atoms with Crippen LogP contribution in [0.5, 0.6) is 0 Å². The highest BCUT2D eigenvalue weighted by molar-refractivity contribution is 5.87. The number of benzene rings is 1. The molecule has 0 aliphatic carbocycles. The van der Waals surface area contributed by atoms with Crippen molar-refractivity contribution in [2.24, 2.45) is 0 Å². The van der Waals surface area contributed by atoms with Crippen LogP contribution >= 0.6 is 0 Å². The van der Waals surface area contributed by atoms with Gasteiger partial charge in [-0.2, -0.15) is 5.26 Å². The van der Waals surface area contributed by atoms with Gasteiger partial charge in [-0.15, -0.1) is 0 Å². The van der Waals surface area contributed by atoms with E-state index < -0.39 is 11.8 Å². The van der Waals surface area contributed by atoms with Gasteiger partial charge in [0.25, 0.3) is 0 Å². The fraction of sp³-hybridized carbons (Fsp3) is 0.0909. The molecule has 0 aliphatic heterocycles. The standard InChI is InChI=1S/C11H6FNO2/c12-10-7-8(5-6-13)1-2-9(10)3-4-11(14)15/h1-2,7H,5H2,(H,14,15). The second-order valence-corrected chi connectivity index (χ2v) is 2.70. The van der Waals surface area contributed by atoms with Crippen LogP contribution in [-0.2, 0) is 11.2 Å². The lowest BCUT2D eigenvalue weighted by atomic mass is 10.1. The van der Waals surface area contributed by atoms with Gasteiger partial charge in [0.15, 0.2) is 0 Å². The van der Waals surface area contributed by atoms with Gasteiger partial charge in [-0.05, 0) is 17.7 Å². The molecule has 0 aliphatic rings. The minimum absolute atomic E-state index is 0.0130. The van der Waals surface area contributed by atoms with Crippen LogP contribution in [0.2, 0.25) is 0 Å². The first-order valence-electron chi connectivity index (χ1n) is 4.04. The molecule has 15 heavy (non-hydrogen) atoms. The predicted molar refractivity (Wildman–Crippen MR) is 50.2 cm³/mol. The molecule has 0 atom stereocenters. The van der Waals surface area contributed by atoms with Crippen molar-refractivity contribution in [3.05, 3.63) is 35.1 Å². The smallest absolute Gasteiger partial charge is 0.382 e. The molecule has 0 saturated heterocycles. The first kappa shape index (κ1) is 10.7. The zero-order valence-electron chi connectivity index (χ0n) is 7.62. The van der Waals surface area contributed by atoms with Gasteiger partial charge in [0.1, 0.15) is 5.82 Å². The molecule has 0 radical (unpaired) electrons. The third-order valence-electron chi connectivity index (χ3n) is 1.62. The molecule has 1 rings (SSSR count). The largest absolute Gasteiger partial charge is 0.472 e. The number of hydrogen-bond acceptors (Lipinski definition) is 2. The van der Waals surface area contributed by atoms with Crippen LogP contribution < -0.4 is 0 Å². The third kappa shape index (κ3) is 3.13. The second-order valence-electron chi connectivity index (χ2n) is 2.70. The highest BCUT2D eigenvalue weighted by Crippen LogP contribution is 2.09. The maximum atomic E-state index is 13.2. The monoisotopic (exact) mass is 203 g/mol. The van der Waals surface area contributed by atoms with E-state index in [1.807, 2.05) is 12.0 Å². The van der Waals surface area contributed by atoms with Gasteiger partial charge in [-0.25, -0.2) is 9.18 Å². The Hall–Kier alpha value is -2.33. The highest BCUT2D eigenvalue weighted by Gasteiger charge is 2.01. The minimum Gasteiger partial charge on any atom is -0.472 e. The van der Waals surface area contributed by atoms with Crippen LogP contribution in [0.15, 0.2) is 18.2 Å². The summed E-state index contributed by atoms with van der Waals surface area (Å²) in [6, 6.07) is 5.96. The van der Waals surface area contributed by atoms with E-state index in [0.29, 0.717) is 5.56 Å². The molecule has 0 aromatic heterocycles. The van der Waals surface area contributed by atoms with Crippen molar-refractivity contribution in [3.63, 3.8) is 0 Å². The summed E-state index contributed by atoms with van der Waals surface area (Å²) < 4.78 is 13.2. The average Bonchev–Trinajstić information content (AvgIpc) is 2.17. The Labute approximate surface area is 85.8 Å². The molecular formula is C11H6FNO2. The molecule has 4 heteroatoms. The summed E-state index contributed by atoms with van der Waals surface area (Å²) in [6.45, 7) is 0. The number of carbonyl (C=O) groups is 1. The van der Waals surface area contributed by atoms with Gasteiger partial charge in [0, 0.05) is 5.92 Å². The SMILES string of the molecule is N#CCc1ccc(C#CC(=O)O)c(F)c1. The number of aliphatic carboxylic acids is 1. The molecule has 0 amide bonds. The molecule has 1 aromatic rings. The molecule has 0 fully saturated rings. The first-order valence-corrected chi connectivity index (χ1v) is 4.04. The normalized spacial score (nSPS) is 8.53. The summed E-state index contributed by atoms with van der Waals surface area (Å²) in [5, 5.41) is 16.6. The van der Waals surface area contributed by atoms with Crippen molar-refractivity contribution in [3.8, 4) is 17.9 Å². The van der Waals surface area contributed by atoms with Gasteiger partial charge in [0.05, 0.1) is 18.1 Å². The van der Waals surface area contributed by atoms with Crippen molar-refractivity contribution in [1.82, 2.24) is 0 Å². The van der Waals surface area contributed by atoms with Gasteiger partial charge in [-0.3, -0.25) is 0 Å². The van der Waals surface area contributed by atoms with E-state index in [1.54, 1.807) is 0 Å². The Morgan fingerprint density at radius 3 is 2.80 bits per heavy atom. The van der Waals surface area contributed by atoms with Crippen molar-refractivity contribution in [2.75, 3.05) is 0 Å². The lowest BCUT2D eigenvalue weighted by molar-refractivity contribution is -0.130. The van der Waals surface area contributed by atoms with Gasteiger partial charge >= 0.3 is 5.97 Å². The zero-order valence-corrected chi connectivity index (χ0v) is 7.62. The molecule has 0 unspecified atom stereocenters. The van der Waals surface area contributed by atoms with E-state index >= 15 is 0 Å². The number of hydrogen-bond donors (Lipinski definition) is 1. The number of carboxylic acids is 1. The van der Waals surface area contributed by atoms with Gasteiger partial charge in [0.2, 0.25) is 0 Å². The average molecular weight is 203 g/mol. The highest BCUT2D eigenvalue weighted by atomic mass is 19.1. The van der Waals surface area contributed by atoms with Crippen LogP contribution in [0, 0.1) is 29.0 Å².